The zero-order valence-electron chi connectivity index (χ0n) is 11.0. The van der Waals surface area contributed by atoms with Gasteiger partial charge >= 0.3 is 0 Å². The van der Waals surface area contributed by atoms with Crippen molar-refractivity contribution in [3.05, 3.63) is 11.3 Å². The minimum Gasteiger partial charge on any atom is -0.366 e. The third-order valence-corrected chi connectivity index (χ3v) is 3.36. The van der Waals surface area contributed by atoms with Crippen molar-refractivity contribution in [1.29, 1.82) is 0 Å². The van der Waals surface area contributed by atoms with Crippen LogP contribution in [0.15, 0.2) is 0 Å². The fourth-order valence-electron chi connectivity index (χ4n) is 2.45. The molecule has 0 aromatic carbocycles. The predicted octanol–water partition coefficient (Wildman–Crippen LogP) is 0.381. The number of rotatable bonds is 3. The van der Waals surface area contributed by atoms with Gasteiger partial charge < -0.3 is 16.4 Å². The molecule has 1 aliphatic heterocycles. The van der Waals surface area contributed by atoms with Gasteiger partial charge in [-0.05, 0) is 26.3 Å². The summed E-state index contributed by atoms with van der Waals surface area (Å²) in [5, 5.41) is 11.0. The summed E-state index contributed by atoms with van der Waals surface area (Å²) in [6.07, 6.45) is 3.48. The summed E-state index contributed by atoms with van der Waals surface area (Å²) in [7, 11) is 1.83. The highest BCUT2D eigenvalue weighted by Crippen LogP contribution is 2.20. The SMILES string of the molecule is Cc1nn(C)c(NC2CCCCNC2)c1C(N)=O. The first-order chi connectivity index (χ1) is 8.59. The van der Waals surface area contributed by atoms with Crippen LogP contribution in [0.1, 0.15) is 35.3 Å². The molecule has 1 aromatic rings. The van der Waals surface area contributed by atoms with Crippen molar-refractivity contribution < 1.29 is 4.79 Å². The van der Waals surface area contributed by atoms with Crippen LogP contribution in [-0.2, 0) is 7.05 Å². The Balaban J connectivity index is 2.19. The Morgan fingerprint density at radius 3 is 3.06 bits per heavy atom. The third-order valence-electron chi connectivity index (χ3n) is 3.36. The second-order valence-corrected chi connectivity index (χ2v) is 4.84. The molecule has 2 rings (SSSR count). The standard InChI is InChI=1S/C12H21N5O/c1-8-10(11(13)18)12(17(2)16-8)15-9-5-3-4-6-14-7-9/h9,14-15H,3-7H2,1-2H3,(H2,13,18). The summed E-state index contributed by atoms with van der Waals surface area (Å²) in [5.74, 6) is 0.304. The summed E-state index contributed by atoms with van der Waals surface area (Å²) < 4.78 is 1.69. The van der Waals surface area contributed by atoms with Gasteiger partial charge in [0.15, 0.2) is 0 Å². The van der Waals surface area contributed by atoms with Crippen LogP contribution in [-0.4, -0.2) is 34.8 Å². The minimum atomic E-state index is -0.426. The number of aromatic nitrogens is 2. The predicted molar refractivity (Wildman–Crippen MR) is 70.6 cm³/mol. The maximum absolute atomic E-state index is 11.5. The summed E-state index contributed by atoms with van der Waals surface area (Å²) in [5.41, 5.74) is 6.59. The average molecular weight is 251 g/mol. The number of nitrogens with one attached hydrogen (secondary N) is 2. The molecule has 1 unspecified atom stereocenters. The molecule has 1 aromatic heterocycles. The normalized spacial score (nSPS) is 20.4. The summed E-state index contributed by atoms with van der Waals surface area (Å²) >= 11 is 0. The Bertz CT molecular complexity index is 432. The second-order valence-electron chi connectivity index (χ2n) is 4.84. The smallest absolute Gasteiger partial charge is 0.254 e. The molecule has 100 valence electrons. The molecule has 0 saturated carbocycles. The molecule has 0 radical (unpaired) electrons. The number of anilines is 1. The van der Waals surface area contributed by atoms with Crippen molar-refractivity contribution >= 4 is 11.7 Å². The van der Waals surface area contributed by atoms with Crippen molar-refractivity contribution in [2.24, 2.45) is 12.8 Å². The van der Waals surface area contributed by atoms with E-state index in [1.807, 2.05) is 7.05 Å². The molecule has 18 heavy (non-hydrogen) atoms. The number of amides is 1. The van der Waals surface area contributed by atoms with E-state index < -0.39 is 5.91 Å². The van der Waals surface area contributed by atoms with Crippen molar-refractivity contribution in [1.82, 2.24) is 15.1 Å². The average Bonchev–Trinajstić information content (AvgIpc) is 2.51. The highest BCUT2D eigenvalue weighted by atomic mass is 16.1. The molecular weight excluding hydrogens is 230 g/mol. The Morgan fingerprint density at radius 1 is 1.56 bits per heavy atom. The van der Waals surface area contributed by atoms with Gasteiger partial charge in [0.05, 0.1) is 5.69 Å². The Morgan fingerprint density at radius 2 is 2.33 bits per heavy atom. The van der Waals surface area contributed by atoms with Crippen LogP contribution in [0.3, 0.4) is 0 Å². The number of primary amides is 1. The number of carbonyl (C=O) groups is 1. The lowest BCUT2D eigenvalue weighted by Gasteiger charge is -2.18. The number of nitrogens with two attached hydrogens (primary N) is 1. The van der Waals surface area contributed by atoms with Crippen molar-refractivity contribution in [3.8, 4) is 0 Å². The fourth-order valence-corrected chi connectivity index (χ4v) is 2.45. The lowest BCUT2D eigenvalue weighted by molar-refractivity contribution is 0.100. The van der Waals surface area contributed by atoms with E-state index >= 15 is 0 Å². The van der Waals surface area contributed by atoms with Crippen molar-refractivity contribution in [3.63, 3.8) is 0 Å². The van der Waals surface area contributed by atoms with E-state index in [4.69, 9.17) is 5.73 Å². The Hall–Kier alpha value is -1.56. The topological polar surface area (TPSA) is 85.0 Å². The molecule has 2 heterocycles. The molecule has 0 spiro atoms. The van der Waals surface area contributed by atoms with Gasteiger partial charge in [-0.2, -0.15) is 5.10 Å². The minimum absolute atomic E-state index is 0.320. The Kier molecular flexibility index (Phi) is 3.86. The molecule has 6 heteroatoms. The number of hydrogen-bond acceptors (Lipinski definition) is 4. The number of nitrogens with zero attached hydrogens (tertiary/aromatic N) is 2. The number of hydrogen-bond donors (Lipinski definition) is 3. The van der Waals surface area contributed by atoms with Gasteiger partial charge in [0.2, 0.25) is 0 Å². The van der Waals surface area contributed by atoms with Gasteiger partial charge in [-0.1, -0.05) is 6.42 Å². The highest BCUT2D eigenvalue weighted by molar-refractivity contribution is 5.98. The van der Waals surface area contributed by atoms with Gasteiger partial charge in [-0.25, -0.2) is 0 Å². The lowest BCUT2D eigenvalue weighted by Crippen LogP contribution is -2.32. The van der Waals surface area contributed by atoms with Crippen LogP contribution in [0.4, 0.5) is 5.82 Å². The van der Waals surface area contributed by atoms with Crippen molar-refractivity contribution in [2.45, 2.75) is 32.2 Å². The van der Waals surface area contributed by atoms with Gasteiger partial charge in [0.25, 0.3) is 5.91 Å². The van der Waals surface area contributed by atoms with Gasteiger partial charge in [0.1, 0.15) is 11.4 Å². The molecule has 1 atom stereocenters. The monoisotopic (exact) mass is 251 g/mol. The van der Waals surface area contributed by atoms with Crippen LogP contribution >= 0.6 is 0 Å². The summed E-state index contributed by atoms with van der Waals surface area (Å²) in [6.45, 7) is 3.77. The van der Waals surface area contributed by atoms with E-state index in [2.05, 4.69) is 15.7 Å². The molecule has 6 nitrogen and oxygen atoms in total. The van der Waals surface area contributed by atoms with Crippen molar-refractivity contribution in [2.75, 3.05) is 18.4 Å². The maximum Gasteiger partial charge on any atom is 0.254 e. The molecule has 1 saturated heterocycles. The largest absolute Gasteiger partial charge is 0.366 e. The van der Waals surface area contributed by atoms with E-state index in [0.29, 0.717) is 17.3 Å². The quantitative estimate of drug-likeness (QED) is 0.725. The highest BCUT2D eigenvalue weighted by Gasteiger charge is 2.21. The molecule has 4 N–H and O–H groups in total. The number of carbonyl (C=O) groups excluding carboxylic acids is 1. The van der Waals surface area contributed by atoms with Gasteiger partial charge in [0, 0.05) is 19.6 Å². The lowest BCUT2D eigenvalue weighted by atomic mass is 10.1. The van der Waals surface area contributed by atoms with Crippen LogP contribution in [0.25, 0.3) is 0 Å². The second kappa shape index (κ2) is 5.39. The number of aryl methyl sites for hydroxylation is 2. The Labute approximate surface area is 107 Å². The third kappa shape index (κ3) is 2.64. The maximum atomic E-state index is 11.5. The van der Waals surface area contributed by atoms with E-state index in [-0.39, 0.29) is 0 Å². The van der Waals surface area contributed by atoms with E-state index in [0.717, 1.165) is 25.3 Å². The molecule has 0 aliphatic carbocycles. The molecule has 1 aliphatic rings. The molecule has 1 fully saturated rings. The zero-order chi connectivity index (χ0) is 13.1. The molecule has 0 bridgehead atoms. The summed E-state index contributed by atoms with van der Waals surface area (Å²) in [6, 6.07) is 0.320. The molecular formula is C12H21N5O. The first kappa shape index (κ1) is 12.9. The van der Waals surface area contributed by atoms with Gasteiger partial charge in [-0.15, -0.1) is 0 Å². The van der Waals surface area contributed by atoms with E-state index in [9.17, 15) is 4.79 Å². The first-order valence-corrected chi connectivity index (χ1v) is 6.40. The first-order valence-electron chi connectivity index (χ1n) is 6.40. The van der Waals surface area contributed by atoms with Crippen LogP contribution in [0, 0.1) is 6.92 Å². The van der Waals surface area contributed by atoms with Crippen LogP contribution < -0.4 is 16.4 Å². The zero-order valence-corrected chi connectivity index (χ0v) is 11.0. The molecule has 1 amide bonds. The van der Waals surface area contributed by atoms with E-state index in [1.165, 1.54) is 12.8 Å². The van der Waals surface area contributed by atoms with Crippen LogP contribution in [0.2, 0.25) is 0 Å². The summed E-state index contributed by atoms with van der Waals surface area (Å²) in [4.78, 5) is 11.5. The van der Waals surface area contributed by atoms with Crippen LogP contribution in [0.5, 0.6) is 0 Å². The van der Waals surface area contributed by atoms with E-state index in [1.54, 1.807) is 11.6 Å². The van der Waals surface area contributed by atoms with Gasteiger partial charge in [-0.3, -0.25) is 9.48 Å². The fraction of sp³-hybridized carbons (Fsp3) is 0.667.